The van der Waals surface area contributed by atoms with E-state index in [-0.39, 0.29) is 0 Å². The molecular formula is C12H12ClN3S. The van der Waals surface area contributed by atoms with Crippen LogP contribution in [0.25, 0.3) is 11.4 Å². The summed E-state index contributed by atoms with van der Waals surface area (Å²) in [6.45, 7) is 0. The van der Waals surface area contributed by atoms with E-state index in [1.54, 1.807) is 0 Å². The summed E-state index contributed by atoms with van der Waals surface area (Å²) in [6, 6.07) is 10.5. The topological polar surface area (TPSA) is 30.7 Å². The minimum Gasteiger partial charge on any atom is -0.294 e. The first-order valence-corrected chi connectivity index (χ1v) is 7.13. The lowest BCUT2D eigenvalue weighted by Gasteiger charge is -2.14. The Labute approximate surface area is 109 Å². The largest absolute Gasteiger partial charge is 0.294 e. The second-order valence-electron chi connectivity index (χ2n) is 4.05. The van der Waals surface area contributed by atoms with E-state index in [2.05, 4.69) is 14.8 Å². The van der Waals surface area contributed by atoms with Crippen molar-refractivity contribution in [3.8, 4) is 11.4 Å². The van der Waals surface area contributed by atoms with E-state index in [0.29, 0.717) is 11.3 Å². The number of benzene rings is 1. The minimum absolute atomic E-state index is 0.428. The number of rotatable bonds is 2. The third-order valence-electron chi connectivity index (χ3n) is 2.96. The fraction of sp³-hybridized carbons (Fsp3) is 0.333. The van der Waals surface area contributed by atoms with Crippen molar-refractivity contribution in [3.05, 3.63) is 35.6 Å². The second-order valence-corrected chi connectivity index (χ2v) is 5.53. The maximum Gasteiger partial charge on any atom is 0.225 e. The number of hydrogen-bond acceptors (Lipinski definition) is 3. The van der Waals surface area contributed by atoms with Crippen LogP contribution < -0.4 is 0 Å². The van der Waals surface area contributed by atoms with Crippen molar-refractivity contribution in [2.24, 2.45) is 0 Å². The average molecular weight is 266 g/mol. The Hall–Kier alpha value is -1.000. The summed E-state index contributed by atoms with van der Waals surface area (Å²) in [5.74, 6) is 3.16. The van der Waals surface area contributed by atoms with Gasteiger partial charge in [-0.2, -0.15) is 11.8 Å². The molecule has 0 spiro atoms. The van der Waals surface area contributed by atoms with Crippen LogP contribution in [0, 0.1) is 0 Å². The van der Waals surface area contributed by atoms with Gasteiger partial charge in [-0.25, -0.2) is 0 Å². The SMILES string of the molecule is Clc1nnc(-c2ccccc2)n1C1CCSC1. The lowest BCUT2D eigenvalue weighted by atomic mass is 10.2. The van der Waals surface area contributed by atoms with Crippen LogP contribution in [0.1, 0.15) is 12.5 Å². The van der Waals surface area contributed by atoms with Gasteiger partial charge < -0.3 is 0 Å². The summed E-state index contributed by atoms with van der Waals surface area (Å²) in [6.07, 6.45) is 1.14. The molecule has 0 aliphatic carbocycles. The van der Waals surface area contributed by atoms with Gasteiger partial charge in [0.2, 0.25) is 5.28 Å². The van der Waals surface area contributed by atoms with E-state index < -0.39 is 0 Å². The Morgan fingerprint density at radius 3 is 2.76 bits per heavy atom. The molecule has 3 nitrogen and oxygen atoms in total. The first-order valence-electron chi connectivity index (χ1n) is 5.60. The molecular weight excluding hydrogens is 254 g/mol. The highest BCUT2D eigenvalue weighted by atomic mass is 35.5. The van der Waals surface area contributed by atoms with Gasteiger partial charge in [-0.05, 0) is 23.8 Å². The second kappa shape index (κ2) is 4.70. The number of hydrogen-bond donors (Lipinski definition) is 0. The lowest BCUT2D eigenvalue weighted by molar-refractivity contribution is 0.564. The molecule has 0 bridgehead atoms. The molecule has 3 rings (SSSR count). The smallest absolute Gasteiger partial charge is 0.225 e. The van der Waals surface area contributed by atoms with Crippen molar-refractivity contribution in [1.82, 2.24) is 14.8 Å². The van der Waals surface area contributed by atoms with Crippen LogP contribution in [0.3, 0.4) is 0 Å². The fourth-order valence-electron chi connectivity index (χ4n) is 2.11. The molecule has 1 atom stereocenters. The van der Waals surface area contributed by atoms with Crippen molar-refractivity contribution in [1.29, 1.82) is 0 Å². The number of nitrogens with zero attached hydrogens (tertiary/aromatic N) is 3. The van der Waals surface area contributed by atoms with E-state index in [1.807, 2.05) is 42.1 Å². The summed E-state index contributed by atoms with van der Waals surface area (Å²) in [4.78, 5) is 0. The monoisotopic (exact) mass is 265 g/mol. The zero-order valence-corrected chi connectivity index (χ0v) is 10.8. The molecule has 0 radical (unpaired) electrons. The third kappa shape index (κ3) is 2.07. The maximum atomic E-state index is 6.15. The van der Waals surface area contributed by atoms with Crippen molar-refractivity contribution in [2.45, 2.75) is 12.5 Å². The molecule has 1 saturated heterocycles. The van der Waals surface area contributed by atoms with Gasteiger partial charge in [0.15, 0.2) is 5.82 Å². The van der Waals surface area contributed by atoms with Crippen LogP contribution >= 0.6 is 23.4 Å². The highest BCUT2D eigenvalue weighted by Crippen LogP contribution is 2.33. The number of thioether (sulfide) groups is 1. The molecule has 1 unspecified atom stereocenters. The van der Waals surface area contributed by atoms with Crippen molar-refractivity contribution in [3.63, 3.8) is 0 Å². The van der Waals surface area contributed by atoms with Crippen molar-refractivity contribution in [2.75, 3.05) is 11.5 Å². The molecule has 1 aliphatic heterocycles. The predicted octanol–water partition coefficient (Wildman–Crippen LogP) is 3.28. The molecule has 5 heteroatoms. The van der Waals surface area contributed by atoms with E-state index in [1.165, 1.54) is 5.75 Å². The van der Waals surface area contributed by atoms with Crippen LogP contribution in [0.4, 0.5) is 0 Å². The summed E-state index contributed by atoms with van der Waals surface area (Å²) < 4.78 is 2.07. The molecule has 2 heterocycles. The molecule has 0 amide bonds. The van der Waals surface area contributed by atoms with Gasteiger partial charge in [-0.3, -0.25) is 4.57 Å². The highest BCUT2D eigenvalue weighted by Gasteiger charge is 2.23. The zero-order valence-electron chi connectivity index (χ0n) is 9.21. The highest BCUT2D eigenvalue weighted by molar-refractivity contribution is 7.99. The van der Waals surface area contributed by atoms with Gasteiger partial charge in [0.25, 0.3) is 0 Å². The van der Waals surface area contributed by atoms with Gasteiger partial charge in [0, 0.05) is 17.4 Å². The first-order chi connectivity index (χ1) is 8.36. The van der Waals surface area contributed by atoms with Gasteiger partial charge in [-0.1, -0.05) is 30.3 Å². The Morgan fingerprint density at radius 1 is 1.24 bits per heavy atom. The van der Waals surface area contributed by atoms with Crippen LogP contribution in [0.15, 0.2) is 30.3 Å². The van der Waals surface area contributed by atoms with Crippen molar-refractivity contribution < 1.29 is 0 Å². The Bertz CT molecular complexity index is 506. The van der Waals surface area contributed by atoms with Crippen molar-refractivity contribution >= 4 is 23.4 Å². The average Bonchev–Trinajstić information content (AvgIpc) is 2.99. The Kier molecular flexibility index (Phi) is 3.07. The molecule has 88 valence electrons. The molecule has 1 aromatic heterocycles. The summed E-state index contributed by atoms with van der Waals surface area (Å²) in [5, 5.41) is 8.71. The maximum absolute atomic E-state index is 6.15. The van der Waals surface area contributed by atoms with E-state index >= 15 is 0 Å². The normalized spacial score (nSPS) is 19.7. The molecule has 17 heavy (non-hydrogen) atoms. The quantitative estimate of drug-likeness (QED) is 0.835. The molecule has 1 aliphatic rings. The lowest BCUT2D eigenvalue weighted by Crippen LogP contribution is -2.09. The van der Waals surface area contributed by atoms with Crippen LogP contribution in [-0.4, -0.2) is 26.3 Å². The molecule has 1 aromatic carbocycles. The van der Waals surface area contributed by atoms with Crippen LogP contribution in [-0.2, 0) is 0 Å². The predicted molar refractivity (Wildman–Crippen MR) is 71.4 cm³/mol. The first kappa shape index (κ1) is 11.1. The minimum atomic E-state index is 0.428. The Morgan fingerprint density at radius 2 is 2.06 bits per heavy atom. The zero-order chi connectivity index (χ0) is 11.7. The summed E-state index contributed by atoms with van der Waals surface area (Å²) in [7, 11) is 0. The third-order valence-corrected chi connectivity index (χ3v) is 4.36. The van der Waals surface area contributed by atoms with Crippen LogP contribution in [0.5, 0.6) is 0 Å². The van der Waals surface area contributed by atoms with Gasteiger partial charge in [-0.15, -0.1) is 10.2 Å². The standard InChI is InChI=1S/C12H12ClN3S/c13-12-15-14-11(9-4-2-1-3-5-9)16(12)10-6-7-17-8-10/h1-5,10H,6-8H2. The molecule has 0 saturated carbocycles. The van der Waals surface area contributed by atoms with Gasteiger partial charge in [0.05, 0.1) is 0 Å². The number of halogens is 1. The van der Waals surface area contributed by atoms with Gasteiger partial charge in [0.1, 0.15) is 0 Å². The van der Waals surface area contributed by atoms with E-state index in [4.69, 9.17) is 11.6 Å². The summed E-state index contributed by atoms with van der Waals surface area (Å²) >= 11 is 8.11. The number of aromatic nitrogens is 3. The van der Waals surface area contributed by atoms with Gasteiger partial charge >= 0.3 is 0 Å². The van der Waals surface area contributed by atoms with E-state index in [0.717, 1.165) is 23.6 Å². The van der Waals surface area contributed by atoms with E-state index in [9.17, 15) is 0 Å². The fourth-order valence-corrected chi connectivity index (χ4v) is 3.55. The molecule has 1 fully saturated rings. The van der Waals surface area contributed by atoms with Crippen LogP contribution in [0.2, 0.25) is 5.28 Å². The Balaban J connectivity index is 2.06. The summed E-state index contributed by atoms with van der Waals surface area (Å²) in [5.41, 5.74) is 1.07. The molecule has 0 N–H and O–H groups in total. The molecule has 2 aromatic rings.